The molecule has 0 aliphatic heterocycles. The Labute approximate surface area is 93.6 Å². The monoisotopic (exact) mass is 315 g/mol. The molecule has 14 heavy (non-hydrogen) atoms. The van der Waals surface area contributed by atoms with E-state index >= 15 is 0 Å². The van der Waals surface area contributed by atoms with Crippen molar-refractivity contribution in [3.8, 4) is 0 Å². The van der Waals surface area contributed by atoms with E-state index in [1.54, 1.807) is 29.5 Å². The van der Waals surface area contributed by atoms with Crippen LogP contribution in [0.3, 0.4) is 0 Å². The van der Waals surface area contributed by atoms with Gasteiger partial charge in [0.25, 0.3) is 0 Å². The predicted molar refractivity (Wildman–Crippen MR) is 56.8 cm³/mol. The van der Waals surface area contributed by atoms with Crippen LogP contribution in [0.15, 0.2) is 12.1 Å². The molecule has 1 aromatic carbocycles. The summed E-state index contributed by atoms with van der Waals surface area (Å²) in [5.41, 5.74) is 6.14. The Hall–Kier alpha value is -0.300. The van der Waals surface area contributed by atoms with E-state index in [9.17, 15) is 13.2 Å². The zero-order chi connectivity index (χ0) is 10.9. The van der Waals surface area contributed by atoms with Crippen LogP contribution >= 0.6 is 22.6 Å². The highest BCUT2D eigenvalue weighted by atomic mass is 127. The van der Waals surface area contributed by atoms with Gasteiger partial charge >= 0.3 is 6.18 Å². The highest BCUT2D eigenvalue weighted by molar-refractivity contribution is 14.1. The summed E-state index contributed by atoms with van der Waals surface area (Å²) in [4.78, 5) is 0. The molecule has 0 saturated carbocycles. The maximum Gasteiger partial charge on any atom is 0.417 e. The van der Waals surface area contributed by atoms with Gasteiger partial charge in [0, 0.05) is 10.1 Å². The molecule has 0 atom stereocenters. The molecule has 0 saturated heterocycles. The number of alkyl halides is 3. The van der Waals surface area contributed by atoms with Crippen molar-refractivity contribution in [1.82, 2.24) is 0 Å². The molecule has 0 amide bonds. The van der Waals surface area contributed by atoms with Crippen LogP contribution in [-0.4, -0.2) is 0 Å². The van der Waals surface area contributed by atoms with Crippen LogP contribution in [0.1, 0.15) is 16.7 Å². The van der Waals surface area contributed by atoms with Crippen LogP contribution in [0.4, 0.5) is 13.2 Å². The van der Waals surface area contributed by atoms with Gasteiger partial charge in [-0.05, 0) is 52.8 Å². The first-order chi connectivity index (χ1) is 6.36. The van der Waals surface area contributed by atoms with E-state index in [1.165, 1.54) is 6.07 Å². The zero-order valence-electron chi connectivity index (χ0n) is 7.45. The van der Waals surface area contributed by atoms with Crippen LogP contribution in [0.2, 0.25) is 0 Å². The lowest BCUT2D eigenvalue weighted by molar-refractivity contribution is -0.138. The van der Waals surface area contributed by atoms with Crippen molar-refractivity contribution in [3.63, 3.8) is 0 Å². The molecule has 0 aliphatic rings. The fourth-order valence-electron chi connectivity index (χ4n) is 1.16. The molecule has 0 aromatic heterocycles. The molecular formula is C9H9F3IN. The quantitative estimate of drug-likeness (QED) is 0.792. The van der Waals surface area contributed by atoms with Gasteiger partial charge in [0.2, 0.25) is 0 Å². The Morgan fingerprint density at radius 1 is 1.36 bits per heavy atom. The Bertz CT molecular complexity index is 347. The maximum atomic E-state index is 12.4. The normalized spacial score (nSPS) is 11.9. The van der Waals surface area contributed by atoms with E-state index in [0.29, 0.717) is 5.56 Å². The lowest BCUT2D eigenvalue weighted by atomic mass is 10.1. The summed E-state index contributed by atoms with van der Waals surface area (Å²) < 4.78 is 37.5. The number of nitrogens with two attached hydrogens (primary N) is 1. The van der Waals surface area contributed by atoms with Crippen molar-refractivity contribution in [1.29, 1.82) is 0 Å². The standard InChI is InChI=1S/C9H9F3IN/c1-5-2-7(9(10,11)12)8(13)3-6(5)4-14/h2-3H,4,14H2,1H3. The third kappa shape index (κ3) is 2.38. The Balaban J connectivity index is 3.29. The number of benzene rings is 1. The molecule has 0 bridgehead atoms. The summed E-state index contributed by atoms with van der Waals surface area (Å²) in [6, 6.07) is 2.63. The Kier molecular flexibility index (Phi) is 3.41. The first-order valence-electron chi connectivity index (χ1n) is 3.92. The molecule has 0 spiro atoms. The minimum atomic E-state index is -4.28. The predicted octanol–water partition coefficient (Wildman–Crippen LogP) is 3.08. The van der Waals surface area contributed by atoms with Crippen molar-refractivity contribution >= 4 is 22.6 Å². The van der Waals surface area contributed by atoms with Crippen molar-refractivity contribution in [2.45, 2.75) is 19.6 Å². The Morgan fingerprint density at radius 3 is 2.36 bits per heavy atom. The molecule has 1 rings (SSSR count). The first-order valence-corrected chi connectivity index (χ1v) is 5.00. The average molecular weight is 315 g/mol. The molecule has 0 heterocycles. The first kappa shape index (κ1) is 11.8. The summed E-state index contributed by atoms with van der Waals surface area (Å²) >= 11 is 1.68. The molecule has 0 fully saturated rings. The van der Waals surface area contributed by atoms with Gasteiger partial charge in [0.05, 0.1) is 5.56 Å². The van der Waals surface area contributed by atoms with Crippen LogP contribution in [-0.2, 0) is 12.7 Å². The van der Waals surface area contributed by atoms with E-state index < -0.39 is 11.7 Å². The number of hydrogen-bond acceptors (Lipinski definition) is 1. The fourth-order valence-corrected chi connectivity index (χ4v) is 2.00. The lowest BCUT2D eigenvalue weighted by Crippen LogP contribution is -2.10. The summed E-state index contributed by atoms with van der Waals surface area (Å²) in [5, 5.41) is 0. The second-order valence-electron chi connectivity index (χ2n) is 2.96. The third-order valence-electron chi connectivity index (χ3n) is 1.95. The van der Waals surface area contributed by atoms with Crippen molar-refractivity contribution in [3.05, 3.63) is 32.4 Å². The molecular weight excluding hydrogens is 306 g/mol. The van der Waals surface area contributed by atoms with Gasteiger partial charge in [-0.2, -0.15) is 13.2 Å². The van der Waals surface area contributed by atoms with Crippen LogP contribution in [0, 0.1) is 10.5 Å². The molecule has 0 aliphatic carbocycles. The highest BCUT2D eigenvalue weighted by Crippen LogP contribution is 2.34. The maximum absolute atomic E-state index is 12.4. The number of halogens is 4. The SMILES string of the molecule is Cc1cc(C(F)(F)F)c(I)cc1CN. The zero-order valence-corrected chi connectivity index (χ0v) is 9.61. The van der Waals surface area contributed by atoms with Gasteiger partial charge in [-0.1, -0.05) is 0 Å². The van der Waals surface area contributed by atoms with Gasteiger partial charge in [-0.3, -0.25) is 0 Å². The Morgan fingerprint density at radius 2 is 1.93 bits per heavy atom. The second kappa shape index (κ2) is 4.06. The van der Waals surface area contributed by atoms with E-state index in [4.69, 9.17) is 5.73 Å². The second-order valence-corrected chi connectivity index (χ2v) is 4.12. The van der Waals surface area contributed by atoms with Gasteiger partial charge < -0.3 is 5.73 Å². The number of aryl methyl sites for hydroxylation is 1. The van der Waals surface area contributed by atoms with Crippen LogP contribution in [0.25, 0.3) is 0 Å². The van der Waals surface area contributed by atoms with Crippen molar-refractivity contribution < 1.29 is 13.2 Å². The van der Waals surface area contributed by atoms with E-state index in [-0.39, 0.29) is 10.1 Å². The minimum absolute atomic E-state index is 0.196. The third-order valence-corrected chi connectivity index (χ3v) is 2.84. The minimum Gasteiger partial charge on any atom is -0.326 e. The van der Waals surface area contributed by atoms with E-state index in [2.05, 4.69) is 0 Å². The van der Waals surface area contributed by atoms with Gasteiger partial charge in [-0.15, -0.1) is 0 Å². The molecule has 2 N–H and O–H groups in total. The molecule has 1 aromatic rings. The van der Waals surface area contributed by atoms with Crippen molar-refractivity contribution in [2.75, 3.05) is 0 Å². The highest BCUT2D eigenvalue weighted by Gasteiger charge is 2.33. The van der Waals surface area contributed by atoms with Gasteiger partial charge in [0.1, 0.15) is 0 Å². The molecule has 5 heteroatoms. The fraction of sp³-hybridized carbons (Fsp3) is 0.333. The van der Waals surface area contributed by atoms with Crippen LogP contribution in [0.5, 0.6) is 0 Å². The summed E-state index contributed by atoms with van der Waals surface area (Å²) in [5.74, 6) is 0. The van der Waals surface area contributed by atoms with Crippen LogP contribution < -0.4 is 5.73 Å². The summed E-state index contributed by atoms with van der Waals surface area (Å²) in [7, 11) is 0. The number of rotatable bonds is 1. The molecule has 1 nitrogen and oxygen atoms in total. The largest absolute Gasteiger partial charge is 0.417 e. The van der Waals surface area contributed by atoms with E-state index in [0.717, 1.165) is 11.6 Å². The molecule has 78 valence electrons. The smallest absolute Gasteiger partial charge is 0.326 e. The van der Waals surface area contributed by atoms with Gasteiger partial charge in [-0.25, -0.2) is 0 Å². The van der Waals surface area contributed by atoms with Gasteiger partial charge in [0.15, 0.2) is 0 Å². The lowest BCUT2D eigenvalue weighted by Gasteiger charge is -2.12. The van der Waals surface area contributed by atoms with E-state index in [1.807, 2.05) is 0 Å². The molecule has 0 unspecified atom stereocenters. The summed E-state index contributed by atoms with van der Waals surface area (Å²) in [6.45, 7) is 1.90. The summed E-state index contributed by atoms with van der Waals surface area (Å²) in [6.07, 6.45) is -4.28. The average Bonchev–Trinajstić information content (AvgIpc) is 2.06. The van der Waals surface area contributed by atoms with Crippen molar-refractivity contribution in [2.24, 2.45) is 5.73 Å². The topological polar surface area (TPSA) is 26.0 Å². The number of hydrogen-bond donors (Lipinski definition) is 1. The molecule has 0 radical (unpaired) electrons.